The van der Waals surface area contributed by atoms with Gasteiger partial charge in [-0.25, -0.2) is 0 Å². The van der Waals surface area contributed by atoms with Gasteiger partial charge in [-0.15, -0.1) is 0 Å². The maximum Gasteiger partial charge on any atom is 0.126 e. The summed E-state index contributed by atoms with van der Waals surface area (Å²) in [4.78, 5) is 0. The van der Waals surface area contributed by atoms with E-state index in [4.69, 9.17) is 15.2 Å². The van der Waals surface area contributed by atoms with Crippen molar-refractivity contribution in [2.75, 3.05) is 20.3 Å². The molecule has 3 nitrogen and oxygen atoms in total. The average Bonchev–Trinajstić information content (AvgIpc) is 2.77. The summed E-state index contributed by atoms with van der Waals surface area (Å²) in [6, 6.07) is 8.29. The summed E-state index contributed by atoms with van der Waals surface area (Å²) >= 11 is 0. The Bertz CT molecular complexity index is 401. The zero-order chi connectivity index (χ0) is 12.1. The van der Waals surface area contributed by atoms with Crippen LogP contribution >= 0.6 is 0 Å². The van der Waals surface area contributed by atoms with E-state index >= 15 is 0 Å². The van der Waals surface area contributed by atoms with E-state index in [-0.39, 0.29) is 6.04 Å². The molecule has 1 aromatic carbocycles. The number of hydrogen-bond donors (Lipinski definition) is 1. The fourth-order valence-corrected chi connectivity index (χ4v) is 2.06. The highest BCUT2D eigenvalue weighted by molar-refractivity contribution is 5.72. The Morgan fingerprint density at radius 2 is 2.12 bits per heavy atom. The highest BCUT2D eigenvalue weighted by Gasteiger charge is 2.16. The molecule has 1 aliphatic carbocycles. The minimum atomic E-state index is 0.192. The van der Waals surface area contributed by atoms with E-state index in [1.807, 2.05) is 18.2 Å². The summed E-state index contributed by atoms with van der Waals surface area (Å²) in [7, 11) is 1.67. The molecule has 0 saturated heterocycles. The number of benzene rings is 1. The van der Waals surface area contributed by atoms with Crippen LogP contribution in [-0.4, -0.2) is 26.4 Å². The summed E-state index contributed by atoms with van der Waals surface area (Å²) in [5.74, 6) is 0.921. The lowest BCUT2D eigenvalue weighted by Gasteiger charge is -2.11. The van der Waals surface area contributed by atoms with Gasteiger partial charge in [0.1, 0.15) is 12.4 Å². The van der Waals surface area contributed by atoms with Gasteiger partial charge >= 0.3 is 0 Å². The highest BCUT2D eigenvalue weighted by atomic mass is 16.5. The third kappa shape index (κ3) is 3.08. The molecule has 0 radical (unpaired) electrons. The van der Waals surface area contributed by atoms with Crippen LogP contribution in [0.15, 0.2) is 30.3 Å². The van der Waals surface area contributed by atoms with Gasteiger partial charge in [-0.05, 0) is 24.5 Å². The van der Waals surface area contributed by atoms with E-state index in [2.05, 4.69) is 12.1 Å². The molecule has 2 N–H and O–H groups in total. The Balaban J connectivity index is 2.13. The van der Waals surface area contributed by atoms with Gasteiger partial charge in [0.15, 0.2) is 0 Å². The second-order valence-electron chi connectivity index (χ2n) is 4.23. The number of ether oxygens (including phenoxy) is 2. The SMILES string of the molecule is COCCOc1ccccc1C1=CC(N)CC1. The van der Waals surface area contributed by atoms with Crippen molar-refractivity contribution in [2.45, 2.75) is 18.9 Å². The van der Waals surface area contributed by atoms with E-state index in [0.717, 1.165) is 24.2 Å². The molecule has 0 aromatic heterocycles. The molecule has 0 saturated carbocycles. The largest absolute Gasteiger partial charge is 0.491 e. The van der Waals surface area contributed by atoms with Gasteiger partial charge in [-0.2, -0.15) is 0 Å². The fourth-order valence-electron chi connectivity index (χ4n) is 2.06. The molecular formula is C14H19NO2. The van der Waals surface area contributed by atoms with Crippen LogP contribution in [0.2, 0.25) is 0 Å². The van der Waals surface area contributed by atoms with Crippen LogP contribution in [0, 0.1) is 0 Å². The number of methoxy groups -OCH3 is 1. The molecule has 1 aliphatic rings. The molecule has 0 amide bonds. The molecular weight excluding hydrogens is 214 g/mol. The summed E-state index contributed by atoms with van der Waals surface area (Å²) in [5.41, 5.74) is 8.36. The number of allylic oxidation sites excluding steroid dienone is 1. The van der Waals surface area contributed by atoms with Crippen molar-refractivity contribution in [2.24, 2.45) is 5.73 Å². The number of hydrogen-bond acceptors (Lipinski definition) is 3. The molecule has 0 aliphatic heterocycles. The molecule has 2 rings (SSSR count). The summed E-state index contributed by atoms with van der Waals surface area (Å²) in [6.07, 6.45) is 4.20. The van der Waals surface area contributed by atoms with E-state index in [9.17, 15) is 0 Å². The van der Waals surface area contributed by atoms with Gasteiger partial charge in [0, 0.05) is 18.7 Å². The van der Waals surface area contributed by atoms with E-state index in [1.165, 1.54) is 5.57 Å². The van der Waals surface area contributed by atoms with Gasteiger partial charge in [-0.3, -0.25) is 0 Å². The lowest BCUT2D eigenvalue weighted by molar-refractivity contribution is 0.146. The van der Waals surface area contributed by atoms with Crippen molar-refractivity contribution >= 4 is 5.57 Å². The topological polar surface area (TPSA) is 44.5 Å². The Morgan fingerprint density at radius 1 is 1.29 bits per heavy atom. The first-order valence-corrected chi connectivity index (χ1v) is 5.98. The van der Waals surface area contributed by atoms with Crippen molar-refractivity contribution in [1.29, 1.82) is 0 Å². The summed E-state index contributed by atoms with van der Waals surface area (Å²) in [5, 5.41) is 0. The molecule has 0 spiro atoms. The predicted octanol–water partition coefficient (Wildman–Crippen LogP) is 2.22. The zero-order valence-electron chi connectivity index (χ0n) is 10.2. The third-order valence-corrected chi connectivity index (χ3v) is 2.94. The van der Waals surface area contributed by atoms with Crippen LogP contribution in [0.3, 0.4) is 0 Å². The normalized spacial score (nSPS) is 19.2. The number of para-hydroxylation sites is 1. The molecule has 1 unspecified atom stereocenters. The van der Waals surface area contributed by atoms with Crippen molar-refractivity contribution in [3.05, 3.63) is 35.9 Å². The van der Waals surface area contributed by atoms with E-state index in [0.29, 0.717) is 13.2 Å². The minimum absolute atomic E-state index is 0.192. The van der Waals surface area contributed by atoms with Crippen LogP contribution in [0.5, 0.6) is 5.75 Å². The Morgan fingerprint density at radius 3 is 2.82 bits per heavy atom. The van der Waals surface area contributed by atoms with Gasteiger partial charge in [-0.1, -0.05) is 24.3 Å². The lowest BCUT2D eigenvalue weighted by Crippen LogP contribution is -2.11. The molecule has 17 heavy (non-hydrogen) atoms. The van der Waals surface area contributed by atoms with E-state index in [1.54, 1.807) is 7.11 Å². The first-order valence-electron chi connectivity index (χ1n) is 5.98. The maximum atomic E-state index is 5.90. The fraction of sp³-hybridized carbons (Fsp3) is 0.429. The van der Waals surface area contributed by atoms with Crippen molar-refractivity contribution in [3.8, 4) is 5.75 Å². The molecule has 1 aromatic rings. The van der Waals surface area contributed by atoms with E-state index < -0.39 is 0 Å². The Labute approximate surface area is 102 Å². The zero-order valence-corrected chi connectivity index (χ0v) is 10.2. The number of rotatable bonds is 5. The molecule has 0 fully saturated rings. The molecule has 0 bridgehead atoms. The van der Waals surface area contributed by atoms with Crippen LogP contribution in [0.25, 0.3) is 5.57 Å². The van der Waals surface area contributed by atoms with Crippen LogP contribution < -0.4 is 10.5 Å². The number of nitrogens with two attached hydrogens (primary N) is 1. The maximum absolute atomic E-state index is 5.90. The molecule has 92 valence electrons. The van der Waals surface area contributed by atoms with Gasteiger partial charge in [0.2, 0.25) is 0 Å². The minimum Gasteiger partial charge on any atom is -0.491 e. The van der Waals surface area contributed by atoms with Gasteiger partial charge in [0.25, 0.3) is 0 Å². The third-order valence-electron chi connectivity index (χ3n) is 2.94. The quantitative estimate of drug-likeness (QED) is 0.793. The van der Waals surface area contributed by atoms with Crippen molar-refractivity contribution < 1.29 is 9.47 Å². The second kappa shape index (κ2) is 5.84. The van der Waals surface area contributed by atoms with Gasteiger partial charge in [0.05, 0.1) is 6.61 Å². The Hall–Kier alpha value is -1.32. The predicted molar refractivity (Wildman–Crippen MR) is 69.0 cm³/mol. The molecule has 0 heterocycles. The second-order valence-corrected chi connectivity index (χ2v) is 4.23. The van der Waals surface area contributed by atoms with Gasteiger partial charge < -0.3 is 15.2 Å². The molecule has 1 atom stereocenters. The van der Waals surface area contributed by atoms with Crippen LogP contribution in [-0.2, 0) is 4.74 Å². The lowest BCUT2D eigenvalue weighted by atomic mass is 10.0. The first kappa shape index (κ1) is 12.1. The summed E-state index contributed by atoms with van der Waals surface area (Å²) < 4.78 is 10.7. The Kier molecular flexibility index (Phi) is 4.18. The average molecular weight is 233 g/mol. The van der Waals surface area contributed by atoms with Crippen LogP contribution in [0.4, 0.5) is 0 Å². The van der Waals surface area contributed by atoms with Crippen LogP contribution in [0.1, 0.15) is 18.4 Å². The summed E-state index contributed by atoms with van der Waals surface area (Å²) in [6.45, 7) is 1.18. The monoisotopic (exact) mass is 233 g/mol. The first-order chi connectivity index (χ1) is 8.31. The highest BCUT2D eigenvalue weighted by Crippen LogP contribution is 2.33. The van der Waals surface area contributed by atoms with Crippen molar-refractivity contribution in [3.63, 3.8) is 0 Å². The standard InChI is InChI=1S/C14H19NO2/c1-16-8-9-17-14-5-3-2-4-13(14)11-6-7-12(15)10-11/h2-5,10,12H,6-9,15H2,1H3. The van der Waals surface area contributed by atoms with Crippen molar-refractivity contribution in [1.82, 2.24) is 0 Å². The molecule has 3 heteroatoms. The smallest absolute Gasteiger partial charge is 0.126 e.